The molecule has 0 saturated carbocycles. The van der Waals surface area contributed by atoms with Crippen molar-refractivity contribution in [1.29, 1.82) is 0 Å². The maximum atomic E-state index is 10.2. The normalized spacial score (nSPS) is 32.6. The van der Waals surface area contributed by atoms with Crippen molar-refractivity contribution < 1.29 is 24.5 Å². The van der Waals surface area contributed by atoms with Crippen LogP contribution in [0.2, 0.25) is 0 Å². The molecule has 2 N–H and O–H groups in total. The number of aliphatic hydroxyl groups is 2. The predicted octanol–water partition coefficient (Wildman–Crippen LogP) is 0.140. The van der Waals surface area contributed by atoms with Crippen LogP contribution in [-0.2, 0) is 14.3 Å². The van der Waals surface area contributed by atoms with Gasteiger partial charge in [-0.3, -0.25) is 4.79 Å². The molecule has 0 amide bonds. The minimum atomic E-state index is -0.870. The highest BCUT2D eigenvalue weighted by atomic mass is 16.7. The van der Waals surface area contributed by atoms with Gasteiger partial charge >= 0.3 is 0 Å². The van der Waals surface area contributed by atoms with Gasteiger partial charge in [0.25, 0.3) is 0 Å². The number of allylic oxidation sites excluding steroid dienone is 1. The Morgan fingerprint density at radius 3 is 2.79 bits per heavy atom. The van der Waals surface area contributed by atoms with Gasteiger partial charge in [-0.15, -0.1) is 0 Å². The minimum Gasteiger partial charge on any atom is -0.505 e. The highest BCUT2D eigenvalue weighted by Crippen LogP contribution is 2.23. The van der Waals surface area contributed by atoms with Crippen LogP contribution in [0, 0.1) is 0 Å². The number of carbonyl (C=O) groups excluding carboxylic acids is 1. The molecular formula is C9H14O5. The number of ether oxygens (including phenoxy) is 2. The molecular weight excluding hydrogens is 188 g/mol. The average molecular weight is 202 g/mol. The van der Waals surface area contributed by atoms with E-state index in [1.807, 2.05) is 0 Å². The van der Waals surface area contributed by atoms with E-state index in [4.69, 9.17) is 14.6 Å². The first-order valence-corrected chi connectivity index (χ1v) is 4.30. The SMILES string of the molecule is CC1(C)OCC(O)C(/C=C(/O)C=O)O1. The molecule has 0 aromatic rings. The zero-order valence-corrected chi connectivity index (χ0v) is 8.14. The molecule has 1 aliphatic rings. The van der Waals surface area contributed by atoms with Gasteiger partial charge in [0.1, 0.15) is 12.2 Å². The Morgan fingerprint density at radius 2 is 2.21 bits per heavy atom. The Kier molecular flexibility index (Phi) is 3.25. The molecule has 0 aromatic heterocycles. The molecule has 1 rings (SSSR count). The number of hydrogen-bond donors (Lipinski definition) is 2. The fourth-order valence-corrected chi connectivity index (χ4v) is 1.17. The standard InChI is InChI=1S/C9H14O5/c1-9(2)13-5-7(12)8(14-9)3-6(11)4-10/h3-4,7-8,11-12H,5H2,1-2H3/b6-3+. The summed E-state index contributed by atoms with van der Waals surface area (Å²) in [5.74, 6) is -1.27. The number of carbonyl (C=O) groups is 1. The molecule has 0 aliphatic carbocycles. The summed E-state index contributed by atoms with van der Waals surface area (Å²) in [6.07, 6.45) is -0.130. The van der Waals surface area contributed by atoms with Crippen LogP contribution >= 0.6 is 0 Å². The molecule has 1 heterocycles. The van der Waals surface area contributed by atoms with Crippen LogP contribution in [-0.4, -0.2) is 41.1 Å². The maximum absolute atomic E-state index is 10.2. The summed E-state index contributed by atoms with van der Waals surface area (Å²) in [5, 5.41) is 18.4. The second kappa shape index (κ2) is 4.08. The van der Waals surface area contributed by atoms with Crippen molar-refractivity contribution in [3.05, 3.63) is 11.8 Å². The van der Waals surface area contributed by atoms with Gasteiger partial charge in [0.2, 0.25) is 0 Å². The molecule has 1 fully saturated rings. The Morgan fingerprint density at radius 1 is 1.57 bits per heavy atom. The molecule has 1 saturated heterocycles. The van der Waals surface area contributed by atoms with Crippen molar-refractivity contribution in [2.45, 2.75) is 31.8 Å². The molecule has 5 nitrogen and oxygen atoms in total. The Hall–Kier alpha value is -0.910. The van der Waals surface area contributed by atoms with Crippen LogP contribution in [0.3, 0.4) is 0 Å². The van der Waals surface area contributed by atoms with Crippen molar-refractivity contribution >= 4 is 6.29 Å². The van der Waals surface area contributed by atoms with Crippen LogP contribution in [0.4, 0.5) is 0 Å². The van der Waals surface area contributed by atoms with Gasteiger partial charge in [0.05, 0.1) is 6.61 Å². The molecule has 0 aromatic carbocycles. The van der Waals surface area contributed by atoms with Crippen LogP contribution in [0.15, 0.2) is 11.8 Å². The second-order valence-corrected chi connectivity index (χ2v) is 3.57. The second-order valence-electron chi connectivity index (χ2n) is 3.57. The summed E-state index contributed by atoms with van der Waals surface area (Å²) in [6.45, 7) is 3.50. The van der Waals surface area contributed by atoms with Gasteiger partial charge in [0, 0.05) is 0 Å². The third-order valence-corrected chi connectivity index (χ3v) is 1.86. The first kappa shape index (κ1) is 11.2. The first-order valence-electron chi connectivity index (χ1n) is 4.30. The van der Waals surface area contributed by atoms with E-state index in [-0.39, 0.29) is 6.61 Å². The molecule has 80 valence electrons. The lowest BCUT2D eigenvalue weighted by molar-refractivity contribution is -0.293. The van der Waals surface area contributed by atoms with Crippen LogP contribution in [0.25, 0.3) is 0 Å². The number of aldehydes is 1. The fourth-order valence-electron chi connectivity index (χ4n) is 1.17. The molecule has 2 atom stereocenters. The predicted molar refractivity (Wildman–Crippen MR) is 47.7 cm³/mol. The molecule has 2 unspecified atom stereocenters. The molecule has 5 heteroatoms. The summed E-state index contributed by atoms with van der Waals surface area (Å²) in [6, 6.07) is 0. The van der Waals surface area contributed by atoms with E-state index in [0.29, 0.717) is 6.29 Å². The lowest BCUT2D eigenvalue weighted by Crippen LogP contribution is -2.47. The molecule has 0 bridgehead atoms. The van der Waals surface area contributed by atoms with Crippen molar-refractivity contribution in [2.75, 3.05) is 6.61 Å². The fraction of sp³-hybridized carbons (Fsp3) is 0.667. The van der Waals surface area contributed by atoms with E-state index >= 15 is 0 Å². The zero-order chi connectivity index (χ0) is 10.8. The van der Waals surface area contributed by atoms with Crippen molar-refractivity contribution in [3.63, 3.8) is 0 Å². The summed E-state index contributed by atoms with van der Waals surface area (Å²) < 4.78 is 10.4. The van der Waals surface area contributed by atoms with Crippen LogP contribution in [0.1, 0.15) is 13.8 Å². The lowest BCUT2D eigenvalue weighted by Gasteiger charge is -2.37. The topological polar surface area (TPSA) is 76.0 Å². The monoisotopic (exact) mass is 202 g/mol. The van der Waals surface area contributed by atoms with Gasteiger partial charge in [0.15, 0.2) is 17.8 Å². The highest BCUT2D eigenvalue weighted by Gasteiger charge is 2.34. The number of aliphatic hydroxyl groups excluding tert-OH is 2. The van der Waals surface area contributed by atoms with Gasteiger partial charge < -0.3 is 19.7 Å². The number of rotatable bonds is 2. The van der Waals surface area contributed by atoms with Gasteiger partial charge in [-0.1, -0.05) is 0 Å². The van der Waals surface area contributed by atoms with E-state index in [1.165, 1.54) is 6.08 Å². The summed E-state index contributed by atoms with van der Waals surface area (Å²) >= 11 is 0. The molecule has 14 heavy (non-hydrogen) atoms. The van der Waals surface area contributed by atoms with Crippen molar-refractivity contribution in [3.8, 4) is 0 Å². The van der Waals surface area contributed by atoms with E-state index in [0.717, 1.165) is 0 Å². The number of hydrogen-bond acceptors (Lipinski definition) is 5. The van der Waals surface area contributed by atoms with Crippen LogP contribution in [0.5, 0.6) is 0 Å². The van der Waals surface area contributed by atoms with Gasteiger partial charge in [-0.25, -0.2) is 0 Å². The van der Waals surface area contributed by atoms with Gasteiger partial charge in [-0.05, 0) is 19.9 Å². The molecule has 0 spiro atoms. The van der Waals surface area contributed by atoms with E-state index in [9.17, 15) is 9.90 Å². The van der Waals surface area contributed by atoms with Crippen molar-refractivity contribution in [1.82, 2.24) is 0 Å². The zero-order valence-electron chi connectivity index (χ0n) is 8.14. The largest absolute Gasteiger partial charge is 0.505 e. The van der Waals surface area contributed by atoms with Crippen molar-refractivity contribution in [2.24, 2.45) is 0 Å². The first-order chi connectivity index (χ1) is 6.44. The lowest BCUT2D eigenvalue weighted by atomic mass is 10.1. The average Bonchev–Trinajstić information content (AvgIpc) is 2.11. The molecule has 0 radical (unpaired) electrons. The third kappa shape index (κ3) is 2.80. The summed E-state index contributed by atoms with van der Waals surface area (Å²) in [4.78, 5) is 10.2. The Labute approximate surface area is 81.9 Å². The quantitative estimate of drug-likeness (QED) is 0.378. The van der Waals surface area contributed by atoms with E-state index in [1.54, 1.807) is 13.8 Å². The van der Waals surface area contributed by atoms with Crippen LogP contribution < -0.4 is 0 Å². The van der Waals surface area contributed by atoms with E-state index < -0.39 is 23.8 Å². The van der Waals surface area contributed by atoms with Gasteiger partial charge in [-0.2, -0.15) is 0 Å². The highest BCUT2D eigenvalue weighted by molar-refractivity contribution is 5.69. The summed E-state index contributed by atoms with van der Waals surface area (Å²) in [7, 11) is 0. The summed E-state index contributed by atoms with van der Waals surface area (Å²) in [5.41, 5.74) is 0. The Bertz CT molecular complexity index is 246. The third-order valence-electron chi connectivity index (χ3n) is 1.86. The Balaban J connectivity index is 2.71. The maximum Gasteiger partial charge on any atom is 0.184 e. The smallest absolute Gasteiger partial charge is 0.184 e. The molecule has 1 aliphatic heterocycles. The minimum absolute atomic E-state index is 0.111. The van der Waals surface area contributed by atoms with E-state index in [2.05, 4.69) is 0 Å².